The van der Waals surface area contributed by atoms with Crippen LogP contribution in [0, 0.1) is 6.92 Å². The van der Waals surface area contributed by atoms with E-state index < -0.39 is 0 Å². The number of alkyl halides is 1. The number of aryl methyl sites for hydroxylation is 1. The lowest BCUT2D eigenvalue weighted by Gasteiger charge is -2.36. The average molecular weight is 270 g/mol. The molecule has 0 aromatic carbocycles. The van der Waals surface area contributed by atoms with E-state index in [-0.39, 0.29) is 11.3 Å². The second-order valence-corrected chi connectivity index (χ2v) is 6.98. The second-order valence-electron chi connectivity index (χ2n) is 5.08. The number of hydrogen-bond acceptors (Lipinski definition) is 2. The molecule has 3 rings (SSSR count). The Morgan fingerprint density at radius 3 is 2.53 bits per heavy atom. The molecule has 0 radical (unpaired) electrons. The molecule has 92 valence electrons. The van der Waals surface area contributed by atoms with E-state index in [1.165, 1.54) is 4.88 Å². The van der Waals surface area contributed by atoms with Crippen molar-refractivity contribution in [2.75, 3.05) is 0 Å². The number of piperidine rings is 1. The Morgan fingerprint density at radius 2 is 2.00 bits per heavy atom. The summed E-state index contributed by atoms with van der Waals surface area (Å²) >= 11 is 7.83. The highest BCUT2D eigenvalue weighted by Crippen LogP contribution is 2.39. The zero-order valence-electron chi connectivity index (χ0n) is 9.86. The second kappa shape index (κ2) is 4.29. The summed E-state index contributed by atoms with van der Waals surface area (Å²) < 4.78 is 0. The van der Waals surface area contributed by atoms with Gasteiger partial charge in [0, 0.05) is 22.3 Å². The highest BCUT2D eigenvalue weighted by Gasteiger charge is 2.43. The van der Waals surface area contributed by atoms with Crippen molar-refractivity contribution >= 4 is 28.8 Å². The first-order valence-electron chi connectivity index (χ1n) is 6.18. The molecule has 2 nitrogen and oxygen atoms in total. The van der Waals surface area contributed by atoms with Crippen LogP contribution in [0.15, 0.2) is 12.1 Å². The Hall–Kier alpha value is -0.540. The first-order chi connectivity index (χ1) is 8.15. The van der Waals surface area contributed by atoms with Crippen molar-refractivity contribution in [2.24, 2.45) is 0 Å². The van der Waals surface area contributed by atoms with Crippen LogP contribution in [0.2, 0.25) is 0 Å². The van der Waals surface area contributed by atoms with E-state index in [2.05, 4.69) is 4.90 Å². The van der Waals surface area contributed by atoms with Gasteiger partial charge in [-0.1, -0.05) is 0 Å². The fraction of sp³-hybridized carbons (Fsp3) is 0.615. The van der Waals surface area contributed by atoms with Gasteiger partial charge in [0.25, 0.3) is 5.91 Å². The van der Waals surface area contributed by atoms with Gasteiger partial charge < -0.3 is 4.90 Å². The van der Waals surface area contributed by atoms with Crippen molar-refractivity contribution in [3.05, 3.63) is 21.9 Å². The fourth-order valence-electron chi connectivity index (χ4n) is 3.12. The monoisotopic (exact) mass is 269 g/mol. The number of nitrogens with zero attached hydrogens (tertiary/aromatic N) is 1. The maximum Gasteiger partial charge on any atom is 0.264 e. The van der Waals surface area contributed by atoms with Crippen molar-refractivity contribution in [3.63, 3.8) is 0 Å². The van der Waals surface area contributed by atoms with E-state index in [9.17, 15) is 4.79 Å². The number of halogens is 1. The van der Waals surface area contributed by atoms with Gasteiger partial charge in [-0.15, -0.1) is 22.9 Å². The van der Waals surface area contributed by atoms with Gasteiger partial charge in [0.1, 0.15) is 0 Å². The Kier molecular flexibility index (Phi) is 2.91. The van der Waals surface area contributed by atoms with Gasteiger partial charge in [0.15, 0.2) is 0 Å². The molecule has 2 atom stereocenters. The first-order valence-corrected chi connectivity index (χ1v) is 7.43. The minimum Gasteiger partial charge on any atom is -0.332 e. The van der Waals surface area contributed by atoms with Crippen LogP contribution >= 0.6 is 22.9 Å². The molecule has 3 heterocycles. The third-order valence-electron chi connectivity index (χ3n) is 3.86. The molecule has 2 unspecified atom stereocenters. The van der Waals surface area contributed by atoms with Crippen LogP contribution in [0.25, 0.3) is 0 Å². The van der Waals surface area contributed by atoms with Gasteiger partial charge in [0.05, 0.1) is 4.88 Å². The highest BCUT2D eigenvalue weighted by molar-refractivity contribution is 7.13. The van der Waals surface area contributed by atoms with E-state index in [1.807, 2.05) is 19.1 Å². The zero-order valence-corrected chi connectivity index (χ0v) is 11.4. The number of carbonyl (C=O) groups is 1. The molecule has 2 bridgehead atoms. The fourth-order valence-corrected chi connectivity index (χ4v) is 4.34. The topological polar surface area (TPSA) is 20.3 Å². The summed E-state index contributed by atoms with van der Waals surface area (Å²) in [4.78, 5) is 16.7. The van der Waals surface area contributed by atoms with Crippen molar-refractivity contribution in [3.8, 4) is 0 Å². The van der Waals surface area contributed by atoms with Crippen LogP contribution < -0.4 is 0 Å². The van der Waals surface area contributed by atoms with Crippen LogP contribution in [0.3, 0.4) is 0 Å². The van der Waals surface area contributed by atoms with E-state index in [0.717, 1.165) is 30.6 Å². The Labute approximate surface area is 111 Å². The molecule has 0 aliphatic carbocycles. The van der Waals surface area contributed by atoms with E-state index in [1.54, 1.807) is 11.3 Å². The van der Waals surface area contributed by atoms with Gasteiger partial charge in [0.2, 0.25) is 0 Å². The molecule has 0 saturated carbocycles. The molecule has 1 amide bonds. The summed E-state index contributed by atoms with van der Waals surface area (Å²) in [5, 5.41) is 0.265. The number of fused-ring (bicyclic) bond motifs is 2. The molecular weight excluding hydrogens is 254 g/mol. The molecule has 0 spiro atoms. The maximum absolute atomic E-state index is 12.5. The number of rotatable bonds is 1. The maximum atomic E-state index is 12.5. The minimum atomic E-state index is 0.221. The third-order valence-corrected chi connectivity index (χ3v) is 5.21. The molecular formula is C13H16ClNOS. The summed E-state index contributed by atoms with van der Waals surface area (Å²) in [6.45, 7) is 2.04. The smallest absolute Gasteiger partial charge is 0.264 e. The molecule has 1 aromatic heterocycles. The summed E-state index contributed by atoms with van der Waals surface area (Å²) in [5.74, 6) is 0.221. The summed E-state index contributed by atoms with van der Waals surface area (Å²) in [6.07, 6.45) is 4.19. The van der Waals surface area contributed by atoms with Crippen LogP contribution in [0.5, 0.6) is 0 Å². The molecule has 2 fully saturated rings. The lowest BCUT2D eigenvalue weighted by Crippen LogP contribution is -2.46. The highest BCUT2D eigenvalue weighted by atomic mass is 35.5. The van der Waals surface area contributed by atoms with Crippen LogP contribution in [-0.4, -0.2) is 28.3 Å². The van der Waals surface area contributed by atoms with Crippen LogP contribution in [0.4, 0.5) is 0 Å². The Balaban J connectivity index is 1.83. The number of hydrogen-bond donors (Lipinski definition) is 0. The Morgan fingerprint density at radius 1 is 1.35 bits per heavy atom. The molecule has 4 heteroatoms. The Bertz CT molecular complexity index is 430. The third kappa shape index (κ3) is 2.00. The van der Waals surface area contributed by atoms with Crippen molar-refractivity contribution < 1.29 is 4.79 Å². The number of amides is 1. The van der Waals surface area contributed by atoms with Gasteiger partial charge in [-0.25, -0.2) is 0 Å². The zero-order chi connectivity index (χ0) is 12.0. The van der Waals surface area contributed by atoms with Gasteiger partial charge in [-0.2, -0.15) is 0 Å². The van der Waals surface area contributed by atoms with Crippen molar-refractivity contribution in [1.29, 1.82) is 0 Å². The molecule has 2 aliphatic heterocycles. The van der Waals surface area contributed by atoms with Gasteiger partial charge in [-0.3, -0.25) is 4.79 Å². The SMILES string of the molecule is Cc1ccc(C(=O)N2C3CCC2CC(Cl)C3)s1. The number of thiophene rings is 1. The summed E-state index contributed by atoms with van der Waals surface area (Å²) in [6, 6.07) is 4.74. The quantitative estimate of drug-likeness (QED) is 0.716. The molecule has 0 N–H and O–H groups in total. The van der Waals surface area contributed by atoms with Gasteiger partial charge in [-0.05, 0) is 44.7 Å². The lowest BCUT2D eigenvalue weighted by molar-refractivity contribution is 0.0604. The molecule has 2 aliphatic rings. The van der Waals surface area contributed by atoms with E-state index >= 15 is 0 Å². The molecule has 2 saturated heterocycles. The average Bonchev–Trinajstić information content (AvgIpc) is 2.81. The predicted octanol–water partition coefficient (Wildman–Crippen LogP) is 3.43. The largest absolute Gasteiger partial charge is 0.332 e. The summed E-state index contributed by atoms with van der Waals surface area (Å²) in [7, 11) is 0. The van der Waals surface area contributed by atoms with Crippen LogP contribution in [-0.2, 0) is 0 Å². The summed E-state index contributed by atoms with van der Waals surface area (Å²) in [5.41, 5.74) is 0. The standard InChI is InChI=1S/C13H16ClNOS/c1-8-2-5-12(17-8)13(16)15-10-3-4-11(15)7-9(14)6-10/h2,5,9-11H,3-4,6-7H2,1H3. The number of carbonyl (C=O) groups excluding carboxylic acids is 1. The normalized spacial score (nSPS) is 31.9. The van der Waals surface area contributed by atoms with Crippen LogP contribution in [0.1, 0.15) is 40.2 Å². The minimum absolute atomic E-state index is 0.221. The molecule has 17 heavy (non-hydrogen) atoms. The first kappa shape index (κ1) is 11.5. The predicted molar refractivity (Wildman–Crippen MR) is 70.9 cm³/mol. The van der Waals surface area contributed by atoms with Crippen molar-refractivity contribution in [1.82, 2.24) is 4.90 Å². The van der Waals surface area contributed by atoms with Crippen molar-refractivity contribution in [2.45, 2.75) is 50.1 Å². The van der Waals surface area contributed by atoms with Gasteiger partial charge >= 0.3 is 0 Å². The lowest BCUT2D eigenvalue weighted by atomic mass is 10.0. The van der Waals surface area contributed by atoms with E-state index in [4.69, 9.17) is 11.6 Å². The molecule has 1 aromatic rings. The van der Waals surface area contributed by atoms with E-state index in [0.29, 0.717) is 12.1 Å².